The number of aryl methyl sites for hydroxylation is 1. The van der Waals surface area contributed by atoms with Gasteiger partial charge < -0.3 is 9.84 Å². The van der Waals surface area contributed by atoms with Crippen LogP contribution in [-0.4, -0.2) is 12.2 Å². The van der Waals surface area contributed by atoms with Crippen LogP contribution >= 0.6 is 0 Å². The molecule has 0 bridgehead atoms. The van der Waals surface area contributed by atoms with E-state index in [0.29, 0.717) is 5.75 Å². The quantitative estimate of drug-likeness (QED) is 0.737. The third kappa shape index (κ3) is 3.54. The van der Waals surface area contributed by atoms with Crippen molar-refractivity contribution in [3.05, 3.63) is 83.4 Å². The van der Waals surface area contributed by atoms with Gasteiger partial charge in [0.2, 0.25) is 0 Å². The Hall–Kier alpha value is -2.74. The third-order valence-electron chi connectivity index (χ3n) is 3.91. The molecule has 3 aromatic rings. The number of aromatic hydroxyl groups is 1. The molecular formula is C21H20O2. The van der Waals surface area contributed by atoms with E-state index in [1.165, 1.54) is 11.1 Å². The van der Waals surface area contributed by atoms with Gasteiger partial charge in [0.05, 0.1) is 7.11 Å². The van der Waals surface area contributed by atoms with Crippen molar-refractivity contribution < 1.29 is 9.84 Å². The van der Waals surface area contributed by atoms with E-state index in [1.807, 2.05) is 18.2 Å². The summed E-state index contributed by atoms with van der Waals surface area (Å²) < 4.78 is 5.52. The van der Waals surface area contributed by atoms with Crippen LogP contribution in [0.4, 0.5) is 0 Å². The summed E-state index contributed by atoms with van der Waals surface area (Å²) in [5.74, 6) is 1.17. The molecule has 2 heteroatoms. The van der Waals surface area contributed by atoms with Crippen LogP contribution in [0.15, 0.2) is 66.7 Å². The molecule has 0 unspecified atom stereocenters. The summed E-state index contributed by atoms with van der Waals surface area (Å²) in [4.78, 5) is 0. The van der Waals surface area contributed by atoms with Gasteiger partial charge >= 0.3 is 0 Å². The van der Waals surface area contributed by atoms with Gasteiger partial charge in [0, 0.05) is 5.56 Å². The second-order valence-electron chi connectivity index (χ2n) is 5.75. The van der Waals surface area contributed by atoms with Gasteiger partial charge in [-0.25, -0.2) is 0 Å². The maximum atomic E-state index is 9.62. The van der Waals surface area contributed by atoms with Gasteiger partial charge in [-0.2, -0.15) is 0 Å². The largest absolute Gasteiger partial charge is 0.508 e. The number of phenolic OH excluding ortho intramolecular Hbond substituents is 1. The second-order valence-corrected chi connectivity index (χ2v) is 5.75. The van der Waals surface area contributed by atoms with Crippen LogP contribution in [0.1, 0.15) is 16.7 Å². The number of hydrogen-bond acceptors (Lipinski definition) is 2. The molecule has 23 heavy (non-hydrogen) atoms. The molecule has 0 aliphatic carbocycles. The summed E-state index contributed by atoms with van der Waals surface area (Å²) >= 11 is 0. The maximum Gasteiger partial charge on any atom is 0.126 e. The fourth-order valence-corrected chi connectivity index (χ4v) is 2.81. The fourth-order valence-electron chi connectivity index (χ4n) is 2.81. The molecule has 2 nitrogen and oxygen atoms in total. The highest BCUT2D eigenvalue weighted by molar-refractivity contribution is 5.71. The average Bonchev–Trinajstić information content (AvgIpc) is 2.55. The Morgan fingerprint density at radius 1 is 0.870 bits per heavy atom. The minimum Gasteiger partial charge on any atom is -0.508 e. The van der Waals surface area contributed by atoms with Crippen molar-refractivity contribution in [1.29, 1.82) is 0 Å². The second kappa shape index (κ2) is 6.57. The summed E-state index contributed by atoms with van der Waals surface area (Å²) in [6, 6.07) is 22.0. The Labute approximate surface area is 137 Å². The van der Waals surface area contributed by atoms with Crippen molar-refractivity contribution in [3.8, 4) is 22.6 Å². The number of phenols is 1. The van der Waals surface area contributed by atoms with Crippen molar-refractivity contribution in [1.82, 2.24) is 0 Å². The van der Waals surface area contributed by atoms with E-state index in [2.05, 4.69) is 43.3 Å². The monoisotopic (exact) mass is 304 g/mol. The van der Waals surface area contributed by atoms with E-state index < -0.39 is 0 Å². The summed E-state index contributed by atoms with van der Waals surface area (Å²) in [5, 5.41) is 9.62. The molecule has 0 atom stereocenters. The number of ether oxygens (including phenoxy) is 1. The number of rotatable bonds is 4. The molecule has 3 aromatic carbocycles. The lowest BCUT2D eigenvalue weighted by atomic mass is 9.97. The van der Waals surface area contributed by atoms with E-state index in [1.54, 1.807) is 19.2 Å². The lowest BCUT2D eigenvalue weighted by Gasteiger charge is -2.12. The molecule has 0 radical (unpaired) electrons. The SMILES string of the molecule is COc1ccc(Cc2cccc(O)c2)cc1-c1cccc(C)c1. The average molecular weight is 304 g/mol. The molecule has 0 saturated carbocycles. The predicted molar refractivity (Wildman–Crippen MR) is 94.1 cm³/mol. The first-order chi connectivity index (χ1) is 11.2. The van der Waals surface area contributed by atoms with Gasteiger partial charge in [0.1, 0.15) is 11.5 Å². The number of methoxy groups -OCH3 is 1. The van der Waals surface area contributed by atoms with Crippen LogP contribution in [0.2, 0.25) is 0 Å². The zero-order valence-electron chi connectivity index (χ0n) is 13.4. The molecule has 3 rings (SSSR count). The molecular weight excluding hydrogens is 284 g/mol. The smallest absolute Gasteiger partial charge is 0.126 e. The number of hydrogen-bond donors (Lipinski definition) is 1. The van der Waals surface area contributed by atoms with Gasteiger partial charge in [-0.15, -0.1) is 0 Å². The van der Waals surface area contributed by atoms with Crippen LogP contribution in [0, 0.1) is 6.92 Å². The van der Waals surface area contributed by atoms with Crippen LogP contribution in [-0.2, 0) is 6.42 Å². The standard InChI is InChI=1S/C21H20O2/c1-15-5-3-7-18(11-15)20-14-17(9-10-21(20)23-2)12-16-6-4-8-19(22)13-16/h3-11,13-14,22H,12H2,1-2H3. The lowest BCUT2D eigenvalue weighted by molar-refractivity contribution is 0.416. The molecule has 0 spiro atoms. The van der Waals surface area contributed by atoms with Gasteiger partial charge in [0.25, 0.3) is 0 Å². The molecule has 0 aliphatic heterocycles. The topological polar surface area (TPSA) is 29.5 Å². The fraction of sp³-hybridized carbons (Fsp3) is 0.143. The normalized spacial score (nSPS) is 10.5. The van der Waals surface area contributed by atoms with Crippen molar-refractivity contribution in [3.63, 3.8) is 0 Å². The summed E-state index contributed by atoms with van der Waals surface area (Å²) in [6.45, 7) is 2.09. The lowest BCUT2D eigenvalue weighted by Crippen LogP contribution is -1.93. The van der Waals surface area contributed by atoms with Crippen molar-refractivity contribution >= 4 is 0 Å². The van der Waals surface area contributed by atoms with Gasteiger partial charge in [-0.1, -0.05) is 48.0 Å². The Balaban J connectivity index is 1.99. The Kier molecular flexibility index (Phi) is 4.33. The molecule has 116 valence electrons. The van der Waals surface area contributed by atoms with Crippen LogP contribution in [0.25, 0.3) is 11.1 Å². The Morgan fingerprint density at radius 3 is 2.39 bits per heavy atom. The summed E-state index contributed by atoms with van der Waals surface area (Å²) in [5.41, 5.74) is 5.75. The molecule has 0 saturated heterocycles. The first-order valence-corrected chi connectivity index (χ1v) is 7.67. The summed E-state index contributed by atoms with van der Waals surface area (Å²) in [7, 11) is 1.70. The molecule has 0 amide bonds. The predicted octanol–water partition coefficient (Wildman–Crippen LogP) is 4.97. The zero-order chi connectivity index (χ0) is 16.2. The van der Waals surface area contributed by atoms with Crippen molar-refractivity contribution in [2.45, 2.75) is 13.3 Å². The minimum atomic E-state index is 0.301. The highest BCUT2D eigenvalue weighted by Gasteiger charge is 2.08. The number of benzene rings is 3. The molecule has 0 heterocycles. The van der Waals surface area contributed by atoms with Gasteiger partial charge in [0.15, 0.2) is 0 Å². The molecule has 0 aliphatic rings. The van der Waals surface area contributed by atoms with Gasteiger partial charge in [-0.3, -0.25) is 0 Å². The van der Waals surface area contributed by atoms with E-state index in [-0.39, 0.29) is 0 Å². The third-order valence-corrected chi connectivity index (χ3v) is 3.91. The van der Waals surface area contributed by atoms with Crippen molar-refractivity contribution in [2.75, 3.05) is 7.11 Å². The van der Waals surface area contributed by atoms with E-state index in [4.69, 9.17) is 4.74 Å². The van der Waals surface area contributed by atoms with E-state index >= 15 is 0 Å². The molecule has 1 N–H and O–H groups in total. The first kappa shape index (κ1) is 15.2. The van der Waals surface area contributed by atoms with E-state index in [0.717, 1.165) is 28.9 Å². The zero-order valence-corrected chi connectivity index (χ0v) is 13.4. The highest BCUT2D eigenvalue weighted by Crippen LogP contribution is 2.32. The van der Waals surface area contributed by atoms with Crippen molar-refractivity contribution in [2.24, 2.45) is 0 Å². The van der Waals surface area contributed by atoms with E-state index in [9.17, 15) is 5.11 Å². The molecule has 0 fully saturated rings. The Bertz CT molecular complexity index is 822. The Morgan fingerprint density at radius 2 is 1.65 bits per heavy atom. The van der Waals surface area contributed by atoms with Crippen LogP contribution in [0.5, 0.6) is 11.5 Å². The maximum absolute atomic E-state index is 9.62. The van der Waals surface area contributed by atoms with Crippen LogP contribution < -0.4 is 4.74 Å². The minimum absolute atomic E-state index is 0.301. The highest BCUT2D eigenvalue weighted by atomic mass is 16.5. The molecule has 0 aromatic heterocycles. The van der Waals surface area contributed by atoms with Crippen LogP contribution in [0.3, 0.4) is 0 Å². The first-order valence-electron chi connectivity index (χ1n) is 7.67. The summed E-state index contributed by atoms with van der Waals surface area (Å²) in [6.07, 6.45) is 0.775. The van der Waals surface area contributed by atoms with Gasteiger partial charge in [-0.05, 0) is 54.3 Å².